The molecule has 0 aromatic heterocycles. The van der Waals surface area contributed by atoms with Crippen molar-refractivity contribution < 1.29 is 27.0 Å². The third-order valence-corrected chi connectivity index (χ3v) is 7.83. The van der Waals surface area contributed by atoms with Gasteiger partial charge in [-0.1, -0.05) is 12.5 Å². The van der Waals surface area contributed by atoms with Crippen LogP contribution >= 0.6 is 0 Å². The second-order valence-corrected chi connectivity index (χ2v) is 10.7. The Labute approximate surface area is 176 Å². The third kappa shape index (κ3) is 5.28. The van der Waals surface area contributed by atoms with Gasteiger partial charge in [-0.3, -0.25) is 0 Å². The normalized spacial score (nSPS) is 26.8. The van der Waals surface area contributed by atoms with Gasteiger partial charge in [0.15, 0.2) is 0 Å². The van der Waals surface area contributed by atoms with Crippen molar-refractivity contribution >= 4 is 10.0 Å². The molecule has 0 radical (unpaired) electrons. The van der Waals surface area contributed by atoms with Crippen molar-refractivity contribution in [3.8, 4) is 0 Å². The number of halogens is 2. The summed E-state index contributed by atoms with van der Waals surface area (Å²) in [5.74, 6) is -1.03. The van der Waals surface area contributed by atoms with Gasteiger partial charge in [0.25, 0.3) is 0 Å². The highest BCUT2D eigenvalue weighted by atomic mass is 32.2. The van der Waals surface area contributed by atoms with Gasteiger partial charge in [0.1, 0.15) is 24.0 Å². The minimum absolute atomic E-state index is 0.0411. The molecule has 8 heteroatoms. The maximum atomic E-state index is 13.3. The topological polar surface area (TPSA) is 75.6 Å². The third-order valence-electron chi connectivity index (χ3n) is 6.02. The lowest BCUT2D eigenvalue weighted by molar-refractivity contribution is -0.0335. The molecule has 5 nitrogen and oxygen atoms in total. The lowest BCUT2D eigenvalue weighted by Crippen LogP contribution is -2.46. The Morgan fingerprint density at radius 1 is 1.27 bits per heavy atom. The Kier molecular flexibility index (Phi) is 6.99. The van der Waals surface area contributed by atoms with Crippen LogP contribution in [0.2, 0.25) is 0 Å². The highest BCUT2D eigenvalue weighted by molar-refractivity contribution is 7.90. The van der Waals surface area contributed by atoms with Crippen molar-refractivity contribution in [1.29, 1.82) is 0 Å². The largest absolute Gasteiger partial charge is 0.489 e. The van der Waals surface area contributed by atoms with E-state index in [-0.39, 0.29) is 25.0 Å². The number of allylic oxidation sites excluding steroid dienone is 2. The SMILES string of the molecule is CC(C)S(=O)(=O)NC[C@H]1CCC[C@]1(O)C1C=CC(OCc2cc(F)cc(F)c2)=CC1. The lowest BCUT2D eigenvalue weighted by atomic mass is 9.76. The smallest absolute Gasteiger partial charge is 0.213 e. The summed E-state index contributed by atoms with van der Waals surface area (Å²) in [6.45, 7) is 3.51. The van der Waals surface area contributed by atoms with E-state index in [1.54, 1.807) is 19.9 Å². The summed E-state index contributed by atoms with van der Waals surface area (Å²) in [7, 11) is -3.38. The van der Waals surface area contributed by atoms with Gasteiger partial charge in [0.2, 0.25) is 10.0 Å². The van der Waals surface area contributed by atoms with E-state index < -0.39 is 32.5 Å². The molecule has 2 aliphatic carbocycles. The van der Waals surface area contributed by atoms with Crippen molar-refractivity contribution in [2.75, 3.05) is 6.54 Å². The summed E-state index contributed by atoms with van der Waals surface area (Å²) in [5.41, 5.74) is -0.583. The molecule has 0 aliphatic heterocycles. The molecule has 0 saturated heterocycles. The van der Waals surface area contributed by atoms with Gasteiger partial charge in [-0.15, -0.1) is 0 Å². The summed E-state index contributed by atoms with van der Waals surface area (Å²) in [4.78, 5) is 0. The standard InChI is InChI=1S/C22H29F2NO4S/c1-15(2)30(27,28)25-13-18-4-3-9-22(18,26)17-5-7-21(8-6-17)29-14-16-10-19(23)12-20(24)11-16/h5,7-8,10-12,15,17-18,25-26H,3-4,6,9,13-14H2,1-2H3/t17?,18-,22+/m1/s1. The molecule has 1 unspecified atom stereocenters. The number of nitrogens with one attached hydrogen (secondary N) is 1. The fraction of sp³-hybridized carbons (Fsp3) is 0.545. The predicted octanol–water partition coefficient (Wildman–Crippen LogP) is 3.80. The monoisotopic (exact) mass is 441 g/mol. The van der Waals surface area contributed by atoms with Gasteiger partial charge < -0.3 is 9.84 Å². The molecule has 1 aromatic carbocycles. The average Bonchev–Trinajstić information content (AvgIpc) is 3.06. The predicted molar refractivity (Wildman–Crippen MR) is 111 cm³/mol. The zero-order valence-electron chi connectivity index (χ0n) is 17.3. The summed E-state index contributed by atoms with van der Waals surface area (Å²) in [5, 5.41) is 10.8. The van der Waals surface area contributed by atoms with Crippen LogP contribution in [0.5, 0.6) is 0 Å². The molecule has 3 rings (SSSR count). The van der Waals surface area contributed by atoms with Gasteiger partial charge >= 0.3 is 0 Å². The van der Waals surface area contributed by atoms with Gasteiger partial charge in [-0.05, 0) is 63.0 Å². The fourth-order valence-corrected chi connectivity index (χ4v) is 4.94. The van der Waals surface area contributed by atoms with Crippen LogP contribution in [0.4, 0.5) is 8.78 Å². The molecule has 30 heavy (non-hydrogen) atoms. The van der Waals surface area contributed by atoms with Gasteiger partial charge in [0.05, 0.1) is 10.9 Å². The number of ether oxygens (including phenoxy) is 1. The summed E-state index contributed by atoms with van der Waals surface area (Å²) in [6.07, 6.45) is 8.26. The Balaban J connectivity index is 1.58. The van der Waals surface area contributed by atoms with Crippen LogP contribution in [0.15, 0.2) is 42.2 Å². The second kappa shape index (κ2) is 9.16. The van der Waals surface area contributed by atoms with E-state index in [4.69, 9.17) is 4.74 Å². The van der Waals surface area contributed by atoms with Crippen LogP contribution < -0.4 is 4.72 Å². The molecule has 0 spiro atoms. The molecule has 1 saturated carbocycles. The molecular weight excluding hydrogens is 412 g/mol. The molecule has 1 aromatic rings. The Hall–Kier alpha value is -1.77. The number of sulfonamides is 1. The molecule has 2 aliphatic rings. The fourth-order valence-electron chi connectivity index (χ4n) is 4.18. The quantitative estimate of drug-likeness (QED) is 0.644. The Bertz CT molecular complexity index is 909. The van der Waals surface area contributed by atoms with E-state index >= 15 is 0 Å². The first-order chi connectivity index (χ1) is 14.1. The van der Waals surface area contributed by atoms with Crippen LogP contribution in [0.25, 0.3) is 0 Å². The maximum Gasteiger partial charge on any atom is 0.213 e. The maximum absolute atomic E-state index is 13.3. The molecule has 0 heterocycles. The highest BCUT2D eigenvalue weighted by Gasteiger charge is 2.46. The molecule has 0 bridgehead atoms. The van der Waals surface area contributed by atoms with Gasteiger partial charge in [0, 0.05) is 24.4 Å². The van der Waals surface area contributed by atoms with Gasteiger partial charge in [-0.2, -0.15) is 0 Å². The summed E-state index contributed by atoms with van der Waals surface area (Å²) < 4.78 is 59.0. The van der Waals surface area contributed by atoms with E-state index in [0.29, 0.717) is 24.2 Å². The number of hydrogen-bond donors (Lipinski definition) is 2. The first-order valence-corrected chi connectivity index (χ1v) is 11.8. The minimum Gasteiger partial charge on any atom is -0.489 e. The zero-order valence-corrected chi connectivity index (χ0v) is 18.1. The number of benzene rings is 1. The molecule has 2 N–H and O–H groups in total. The van der Waals surface area contributed by atoms with Crippen molar-refractivity contribution in [3.05, 3.63) is 59.4 Å². The number of rotatable bonds is 8. The second-order valence-electron chi connectivity index (χ2n) is 8.40. The van der Waals surface area contributed by atoms with Crippen LogP contribution in [-0.4, -0.2) is 30.9 Å². The van der Waals surface area contributed by atoms with E-state index in [0.717, 1.165) is 18.9 Å². The Morgan fingerprint density at radius 2 is 1.97 bits per heavy atom. The molecule has 1 fully saturated rings. The van der Waals surface area contributed by atoms with E-state index in [2.05, 4.69) is 4.72 Å². The number of aliphatic hydroxyl groups is 1. The van der Waals surface area contributed by atoms with Crippen molar-refractivity contribution in [3.63, 3.8) is 0 Å². The highest BCUT2D eigenvalue weighted by Crippen LogP contribution is 2.44. The van der Waals surface area contributed by atoms with Crippen molar-refractivity contribution in [2.45, 2.75) is 57.0 Å². The Morgan fingerprint density at radius 3 is 2.57 bits per heavy atom. The molecule has 0 amide bonds. The molecule has 166 valence electrons. The first kappa shape index (κ1) is 22.9. The van der Waals surface area contributed by atoms with Gasteiger partial charge in [-0.25, -0.2) is 21.9 Å². The lowest BCUT2D eigenvalue weighted by Gasteiger charge is -2.37. The first-order valence-electron chi connectivity index (χ1n) is 10.3. The summed E-state index contributed by atoms with van der Waals surface area (Å²) >= 11 is 0. The minimum atomic E-state index is -3.38. The molecular formula is C22H29F2NO4S. The molecule has 3 atom stereocenters. The van der Waals surface area contributed by atoms with E-state index in [9.17, 15) is 22.3 Å². The van der Waals surface area contributed by atoms with Crippen molar-refractivity contribution in [2.24, 2.45) is 11.8 Å². The van der Waals surface area contributed by atoms with E-state index in [1.807, 2.05) is 12.2 Å². The summed E-state index contributed by atoms with van der Waals surface area (Å²) in [6, 6.07) is 3.26. The zero-order chi connectivity index (χ0) is 21.9. The number of hydrogen-bond acceptors (Lipinski definition) is 4. The van der Waals surface area contributed by atoms with Crippen molar-refractivity contribution in [1.82, 2.24) is 4.72 Å². The van der Waals surface area contributed by atoms with Crippen LogP contribution in [0.3, 0.4) is 0 Å². The average molecular weight is 442 g/mol. The van der Waals surface area contributed by atoms with Crippen LogP contribution in [0, 0.1) is 23.5 Å². The van der Waals surface area contributed by atoms with Crippen LogP contribution in [0.1, 0.15) is 45.1 Å². The van der Waals surface area contributed by atoms with Crippen LogP contribution in [-0.2, 0) is 21.4 Å². The van der Waals surface area contributed by atoms with E-state index in [1.165, 1.54) is 12.1 Å².